The van der Waals surface area contributed by atoms with Gasteiger partial charge in [0.25, 0.3) is 0 Å². The van der Waals surface area contributed by atoms with Crippen LogP contribution in [0.3, 0.4) is 0 Å². The first-order valence-corrected chi connectivity index (χ1v) is 6.73. The summed E-state index contributed by atoms with van der Waals surface area (Å²) in [5, 5.41) is 0. The van der Waals surface area contributed by atoms with Crippen LogP contribution in [-0.2, 0) is 14.3 Å². The van der Waals surface area contributed by atoms with E-state index in [4.69, 9.17) is 15.2 Å². The zero-order valence-electron chi connectivity index (χ0n) is 11.4. The van der Waals surface area contributed by atoms with Gasteiger partial charge < -0.3 is 15.2 Å². The molecule has 0 aromatic rings. The van der Waals surface area contributed by atoms with Crippen LogP contribution in [0.1, 0.15) is 40.0 Å². The van der Waals surface area contributed by atoms with Gasteiger partial charge in [0.05, 0.1) is 0 Å². The molecule has 3 unspecified atom stereocenters. The van der Waals surface area contributed by atoms with Crippen molar-refractivity contribution in [2.45, 2.75) is 40.0 Å². The van der Waals surface area contributed by atoms with Crippen LogP contribution in [-0.4, -0.2) is 12.7 Å². The Bertz CT molecular complexity index is 364. The van der Waals surface area contributed by atoms with Crippen LogP contribution in [0.25, 0.3) is 0 Å². The smallest absolute Gasteiger partial charge is 0.231 e. The van der Waals surface area contributed by atoms with Crippen molar-refractivity contribution in [3.05, 3.63) is 12.0 Å². The first-order valence-electron chi connectivity index (χ1n) is 6.73. The molecule has 4 nitrogen and oxygen atoms in total. The Labute approximate surface area is 109 Å². The standard InChI is InChI=1S/C14H23NO3/c1-9(2)11-5-4-10(3)6-14(11,13(15)16)12-7-17-8-18-12/h7,9-11H,4-6,8H2,1-3H3,(H2,15,16). The van der Waals surface area contributed by atoms with Gasteiger partial charge in [0, 0.05) is 0 Å². The van der Waals surface area contributed by atoms with E-state index in [2.05, 4.69) is 20.8 Å². The highest BCUT2D eigenvalue weighted by Gasteiger charge is 2.53. The molecule has 18 heavy (non-hydrogen) atoms. The number of rotatable bonds is 3. The summed E-state index contributed by atoms with van der Waals surface area (Å²) in [6, 6.07) is 0. The molecular weight excluding hydrogens is 230 g/mol. The Morgan fingerprint density at radius 3 is 2.72 bits per heavy atom. The lowest BCUT2D eigenvalue weighted by Crippen LogP contribution is -2.50. The molecule has 2 rings (SSSR count). The second-order valence-electron chi connectivity index (χ2n) is 5.98. The molecule has 1 fully saturated rings. The number of hydrogen-bond acceptors (Lipinski definition) is 3. The van der Waals surface area contributed by atoms with Crippen molar-refractivity contribution in [1.82, 2.24) is 0 Å². The highest BCUT2D eigenvalue weighted by molar-refractivity contribution is 5.84. The van der Waals surface area contributed by atoms with Gasteiger partial charge in [0.1, 0.15) is 11.7 Å². The Balaban J connectivity index is 2.42. The van der Waals surface area contributed by atoms with Gasteiger partial charge in [-0.1, -0.05) is 27.2 Å². The van der Waals surface area contributed by atoms with Crippen LogP contribution < -0.4 is 5.73 Å². The number of ether oxygens (including phenoxy) is 2. The summed E-state index contributed by atoms with van der Waals surface area (Å²) < 4.78 is 10.7. The summed E-state index contributed by atoms with van der Waals surface area (Å²) in [7, 11) is 0. The Morgan fingerprint density at radius 1 is 1.50 bits per heavy atom. The molecule has 0 saturated heterocycles. The van der Waals surface area contributed by atoms with Gasteiger partial charge in [-0.2, -0.15) is 0 Å². The second-order valence-corrected chi connectivity index (χ2v) is 5.98. The number of amides is 1. The van der Waals surface area contributed by atoms with Crippen LogP contribution in [0, 0.1) is 23.2 Å². The molecule has 0 radical (unpaired) electrons. The fraction of sp³-hybridized carbons (Fsp3) is 0.786. The predicted molar refractivity (Wildman–Crippen MR) is 68.1 cm³/mol. The fourth-order valence-electron chi connectivity index (χ4n) is 3.58. The van der Waals surface area contributed by atoms with Crippen molar-refractivity contribution in [3.63, 3.8) is 0 Å². The topological polar surface area (TPSA) is 61.6 Å². The van der Waals surface area contributed by atoms with E-state index < -0.39 is 5.41 Å². The molecule has 1 heterocycles. The molecule has 0 bridgehead atoms. The number of hydrogen-bond donors (Lipinski definition) is 1. The molecule has 1 aliphatic carbocycles. The maximum absolute atomic E-state index is 12.2. The van der Waals surface area contributed by atoms with Crippen LogP contribution in [0.4, 0.5) is 0 Å². The fourth-order valence-corrected chi connectivity index (χ4v) is 3.58. The van der Waals surface area contributed by atoms with Crippen LogP contribution in [0.5, 0.6) is 0 Å². The van der Waals surface area contributed by atoms with Gasteiger partial charge in [0.2, 0.25) is 12.7 Å². The largest absolute Gasteiger partial charge is 0.462 e. The highest BCUT2D eigenvalue weighted by atomic mass is 16.7. The summed E-state index contributed by atoms with van der Waals surface area (Å²) in [5.41, 5.74) is 5.08. The average molecular weight is 253 g/mol. The van der Waals surface area contributed by atoms with E-state index in [-0.39, 0.29) is 18.6 Å². The lowest BCUT2D eigenvalue weighted by Gasteiger charge is -2.45. The van der Waals surface area contributed by atoms with E-state index in [1.165, 1.54) is 0 Å². The van der Waals surface area contributed by atoms with E-state index >= 15 is 0 Å². The molecule has 0 aromatic heterocycles. The third-order valence-corrected chi connectivity index (χ3v) is 4.43. The first-order chi connectivity index (χ1) is 8.48. The molecule has 0 aromatic carbocycles. The zero-order chi connectivity index (χ0) is 13.3. The summed E-state index contributed by atoms with van der Waals surface area (Å²) in [6.45, 7) is 6.66. The number of nitrogens with two attached hydrogens (primary N) is 1. The SMILES string of the molecule is CC1CCC(C(C)C)C(C(N)=O)(C2=COCO2)C1. The van der Waals surface area contributed by atoms with Crippen molar-refractivity contribution in [1.29, 1.82) is 0 Å². The van der Waals surface area contributed by atoms with E-state index in [1.54, 1.807) is 6.26 Å². The van der Waals surface area contributed by atoms with Gasteiger partial charge in [-0.25, -0.2) is 0 Å². The number of carbonyl (C=O) groups excluding carboxylic acids is 1. The van der Waals surface area contributed by atoms with Crippen molar-refractivity contribution < 1.29 is 14.3 Å². The minimum atomic E-state index is -0.678. The van der Waals surface area contributed by atoms with Gasteiger partial charge in [-0.05, 0) is 30.6 Å². The van der Waals surface area contributed by atoms with E-state index in [0.29, 0.717) is 17.6 Å². The monoisotopic (exact) mass is 253 g/mol. The number of primary amides is 1. The van der Waals surface area contributed by atoms with Gasteiger partial charge in [-0.15, -0.1) is 0 Å². The summed E-state index contributed by atoms with van der Waals surface area (Å²) in [4.78, 5) is 12.2. The quantitative estimate of drug-likeness (QED) is 0.840. The molecular formula is C14H23NO3. The van der Waals surface area contributed by atoms with Gasteiger partial charge in [0.15, 0.2) is 5.76 Å². The molecule has 2 N–H and O–H groups in total. The maximum Gasteiger partial charge on any atom is 0.231 e. The van der Waals surface area contributed by atoms with E-state index in [0.717, 1.165) is 19.3 Å². The van der Waals surface area contributed by atoms with E-state index in [9.17, 15) is 4.79 Å². The molecule has 1 saturated carbocycles. The minimum absolute atomic E-state index is 0.198. The molecule has 4 heteroatoms. The zero-order valence-corrected chi connectivity index (χ0v) is 11.4. The minimum Gasteiger partial charge on any atom is -0.462 e. The maximum atomic E-state index is 12.2. The normalized spacial score (nSPS) is 35.9. The van der Waals surface area contributed by atoms with Crippen LogP contribution in [0.15, 0.2) is 12.0 Å². The van der Waals surface area contributed by atoms with Crippen LogP contribution >= 0.6 is 0 Å². The molecule has 3 atom stereocenters. The van der Waals surface area contributed by atoms with Crippen molar-refractivity contribution in [2.75, 3.05) is 6.79 Å². The molecule has 1 amide bonds. The summed E-state index contributed by atoms with van der Waals surface area (Å²) in [6.07, 6.45) is 4.51. The first kappa shape index (κ1) is 13.2. The molecule has 1 aliphatic heterocycles. The van der Waals surface area contributed by atoms with Crippen molar-refractivity contribution in [3.8, 4) is 0 Å². The van der Waals surface area contributed by atoms with E-state index in [1.807, 2.05) is 0 Å². The lowest BCUT2D eigenvalue weighted by atomic mass is 9.58. The third-order valence-electron chi connectivity index (χ3n) is 4.43. The number of carbonyl (C=O) groups is 1. The average Bonchev–Trinajstić information content (AvgIpc) is 2.81. The highest BCUT2D eigenvalue weighted by Crippen LogP contribution is 2.52. The summed E-state index contributed by atoms with van der Waals surface area (Å²) in [5.74, 6) is 1.48. The van der Waals surface area contributed by atoms with Gasteiger partial charge in [-0.3, -0.25) is 4.79 Å². The third kappa shape index (κ3) is 1.98. The Kier molecular flexibility index (Phi) is 3.55. The van der Waals surface area contributed by atoms with Crippen molar-refractivity contribution in [2.24, 2.45) is 28.9 Å². The molecule has 0 spiro atoms. The second kappa shape index (κ2) is 4.82. The molecule has 102 valence electrons. The lowest BCUT2D eigenvalue weighted by molar-refractivity contribution is -0.136. The summed E-state index contributed by atoms with van der Waals surface area (Å²) >= 11 is 0. The predicted octanol–water partition coefficient (Wildman–Crippen LogP) is 2.40. The Morgan fingerprint density at radius 2 is 2.22 bits per heavy atom. The molecule has 2 aliphatic rings. The van der Waals surface area contributed by atoms with Crippen molar-refractivity contribution >= 4 is 5.91 Å². The van der Waals surface area contributed by atoms with Crippen LogP contribution in [0.2, 0.25) is 0 Å². The Hall–Kier alpha value is -1.19. The van der Waals surface area contributed by atoms with Gasteiger partial charge >= 0.3 is 0 Å².